The van der Waals surface area contributed by atoms with Crippen LogP contribution in [-0.2, 0) is 15.8 Å². The van der Waals surface area contributed by atoms with Crippen LogP contribution in [0.4, 0.5) is 4.39 Å². The number of sulfonamides is 1. The number of halogens is 1. The average Bonchev–Trinajstić information content (AvgIpc) is 2.63. The molecule has 0 aliphatic carbocycles. The fourth-order valence-corrected chi connectivity index (χ4v) is 4.85. The van der Waals surface area contributed by atoms with E-state index in [1.54, 1.807) is 22.5 Å². The van der Waals surface area contributed by atoms with E-state index in [1.165, 1.54) is 6.07 Å². The van der Waals surface area contributed by atoms with Gasteiger partial charge in [0.15, 0.2) is 11.6 Å². The van der Waals surface area contributed by atoms with Gasteiger partial charge in [-0.2, -0.15) is 0 Å². The molecule has 1 saturated heterocycles. The summed E-state index contributed by atoms with van der Waals surface area (Å²) >= 11 is 0. The molecule has 26 heavy (non-hydrogen) atoms. The van der Waals surface area contributed by atoms with Crippen molar-refractivity contribution in [2.24, 2.45) is 5.92 Å². The topological polar surface area (TPSA) is 46.6 Å². The Balaban J connectivity index is 1.53. The van der Waals surface area contributed by atoms with E-state index in [4.69, 9.17) is 4.74 Å². The molecule has 0 saturated carbocycles. The van der Waals surface area contributed by atoms with Crippen LogP contribution in [-0.4, -0.2) is 32.4 Å². The highest BCUT2D eigenvalue weighted by atomic mass is 32.2. The molecule has 0 spiro atoms. The number of hydrogen-bond donors (Lipinski definition) is 0. The molecule has 4 nitrogen and oxygen atoms in total. The molecule has 1 aliphatic rings. The molecule has 2 aromatic rings. The molecule has 2 aromatic carbocycles. The lowest BCUT2D eigenvalue weighted by atomic mass is 9.99. The van der Waals surface area contributed by atoms with E-state index in [0.29, 0.717) is 19.7 Å². The molecule has 1 fully saturated rings. The lowest BCUT2D eigenvalue weighted by Gasteiger charge is -2.31. The molecule has 6 heteroatoms. The summed E-state index contributed by atoms with van der Waals surface area (Å²) in [6, 6.07) is 13.9. The molecular formula is C20H24FNO3S. The summed E-state index contributed by atoms with van der Waals surface area (Å²) in [5, 5.41) is 0. The molecule has 0 N–H and O–H groups in total. The van der Waals surface area contributed by atoms with Crippen LogP contribution in [0.15, 0.2) is 48.5 Å². The third-order valence-electron chi connectivity index (χ3n) is 4.88. The second-order valence-corrected chi connectivity index (χ2v) is 8.74. The number of piperidine rings is 1. The van der Waals surface area contributed by atoms with Crippen molar-refractivity contribution in [1.29, 1.82) is 0 Å². The van der Waals surface area contributed by atoms with E-state index >= 15 is 0 Å². The number of aryl methyl sites for hydroxylation is 1. The molecule has 140 valence electrons. The summed E-state index contributed by atoms with van der Waals surface area (Å²) in [7, 11) is -3.32. The zero-order valence-electron chi connectivity index (χ0n) is 14.9. The van der Waals surface area contributed by atoms with Gasteiger partial charge in [0.2, 0.25) is 10.0 Å². The van der Waals surface area contributed by atoms with E-state index < -0.39 is 10.0 Å². The largest absolute Gasteiger partial charge is 0.490 e. The summed E-state index contributed by atoms with van der Waals surface area (Å²) < 4.78 is 46.1. The Labute approximate surface area is 154 Å². The Bertz CT molecular complexity index is 846. The zero-order valence-corrected chi connectivity index (χ0v) is 15.7. The molecule has 0 bridgehead atoms. The van der Waals surface area contributed by atoms with Gasteiger partial charge in [-0.3, -0.25) is 0 Å². The van der Waals surface area contributed by atoms with Gasteiger partial charge >= 0.3 is 0 Å². The van der Waals surface area contributed by atoms with Gasteiger partial charge < -0.3 is 4.74 Å². The minimum Gasteiger partial charge on any atom is -0.490 e. The van der Waals surface area contributed by atoms with E-state index in [0.717, 1.165) is 24.0 Å². The van der Waals surface area contributed by atoms with Crippen molar-refractivity contribution in [3.63, 3.8) is 0 Å². The van der Waals surface area contributed by atoms with Crippen LogP contribution in [0.1, 0.15) is 24.0 Å². The fourth-order valence-electron chi connectivity index (χ4n) is 3.18. The van der Waals surface area contributed by atoms with Crippen LogP contribution in [0.25, 0.3) is 0 Å². The molecule has 1 heterocycles. The first-order valence-electron chi connectivity index (χ1n) is 8.85. The maximum atomic E-state index is 13.6. The third-order valence-corrected chi connectivity index (χ3v) is 6.70. The molecule has 0 atom stereocenters. The van der Waals surface area contributed by atoms with Crippen molar-refractivity contribution in [2.45, 2.75) is 25.5 Å². The molecular weight excluding hydrogens is 353 g/mol. The smallest absolute Gasteiger partial charge is 0.218 e. The van der Waals surface area contributed by atoms with E-state index in [2.05, 4.69) is 0 Å². The third kappa shape index (κ3) is 4.62. The minimum atomic E-state index is -3.32. The highest BCUT2D eigenvalue weighted by Crippen LogP contribution is 2.24. The van der Waals surface area contributed by atoms with Crippen LogP contribution < -0.4 is 4.74 Å². The second-order valence-electron chi connectivity index (χ2n) is 6.77. The van der Waals surface area contributed by atoms with Crippen molar-refractivity contribution >= 4 is 10.0 Å². The average molecular weight is 377 g/mol. The molecule has 0 aromatic heterocycles. The Morgan fingerprint density at radius 2 is 1.73 bits per heavy atom. The quantitative estimate of drug-likeness (QED) is 0.770. The van der Waals surface area contributed by atoms with Crippen molar-refractivity contribution < 1.29 is 17.5 Å². The molecule has 0 radical (unpaired) electrons. The molecule has 0 amide bonds. The fraction of sp³-hybridized carbons (Fsp3) is 0.400. The van der Waals surface area contributed by atoms with Gasteiger partial charge in [-0.15, -0.1) is 0 Å². The van der Waals surface area contributed by atoms with Crippen molar-refractivity contribution in [1.82, 2.24) is 4.31 Å². The Hall–Kier alpha value is -1.92. The summed E-state index contributed by atoms with van der Waals surface area (Å²) in [6.07, 6.45) is 1.45. The maximum Gasteiger partial charge on any atom is 0.218 e. The molecule has 1 aliphatic heterocycles. The van der Waals surface area contributed by atoms with Gasteiger partial charge in [0.1, 0.15) is 0 Å². The van der Waals surface area contributed by atoms with E-state index in [-0.39, 0.29) is 23.2 Å². The highest BCUT2D eigenvalue weighted by Gasteiger charge is 2.28. The summed E-state index contributed by atoms with van der Waals surface area (Å²) in [4.78, 5) is 0. The first-order valence-corrected chi connectivity index (χ1v) is 10.5. The van der Waals surface area contributed by atoms with Crippen LogP contribution >= 0.6 is 0 Å². The Morgan fingerprint density at radius 3 is 2.42 bits per heavy atom. The summed E-state index contributed by atoms with van der Waals surface area (Å²) in [5.41, 5.74) is 1.83. The van der Waals surface area contributed by atoms with Crippen molar-refractivity contribution in [3.05, 3.63) is 65.5 Å². The number of benzene rings is 2. The first-order chi connectivity index (χ1) is 12.5. The zero-order chi connectivity index (χ0) is 18.6. The predicted octanol–water partition coefficient (Wildman–Crippen LogP) is 3.75. The van der Waals surface area contributed by atoms with Crippen LogP contribution in [0.2, 0.25) is 0 Å². The van der Waals surface area contributed by atoms with Gasteiger partial charge in [-0.25, -0.2) is 17.1 Å². The monoisotopic (exact) mass is 377 g/mol. The van der Waals surface area contributed by atoms with Crippen LogP contribution in [0.5, 0.6) is 5.75 Å². The Kier molecular flexibility index (Phi) is 5.94. The van der Waals surface area contributed by atoms with E-state index in [1.807, 2.05) is 31.2 Å². The standard InChI is InChI=1S/C20H24FNO3S/c1-16-6-2-3-7-18(16)15-26(23,24)22-12-10-17(11-13-22)14-25-20-9-5-4-8-19(20)21/h2-9,17H,10-15H2,1H3. The number of nitrogens with zero attached hydrogens (tertiary/aromatic N) is 1. The number of ether oxygens (including phenoxy) is 1. The van der Waals surface area contributed by atoms with Gasteiger partial charge in [-0.05, 0) is 48.9 Å². The lowest BCUT2D eigenvalue weighted by molar-refractivity contribution is 0.181. The van der Waals surface area contributed by atoms with Gasteiger partial charge in [0.25, 0.3) is 0 Å². The second kappa shape index (κ2) is 8.18. The van der Waals surface area contributed by atoms with Gasteiger partial charge in [-0.1, -0.05) is 36.4 Å². The normalized spacial score (nSPS) is 16.5. The first kappa shape index (κ1) is 18.9. The maximum absolute atomic E-state index is 13.6. The van der Waals surface area contributed by atoms with Crippen LogP contribution in [0.3, 0.4) is 0 Å². The van der Waals surface area contributed by atoms with Gasteiger partial charge in [0, 0.05) is 13.1 Å². The van der Waals surface area contributed by atoms with Crippen molar-refractivity contribution in [3.8, 4) is 5.75 Å². The summed E-state index contributed by atoms with van der Waals surface area (Å²) in [5.74, 6) is 0.156. The van der Waals surface area contributed by atoms with Crippen molar-refractivity contribution in [2.75, 3.05) is 19.7 Å². The lowest BCUT2D eigenvalue weighted by Crippen LogP contribution is -2.40. The van der Waals surface area contributed by atoms with Gasteiger partial charge in [0.05, 0.1) is 12.4 Å². The molecule has 0 unspecified atom stereocenters. The Morgan fingerprint density at radius 1 is 1.08 bits per heavy atom. The van der Waals surface area contributed by atoms with Crippen LogP contribution in [0, 0.1) is 18.7 Å². The highest BCUT2D eigenvalue weighted by molar-refractivity contribution is 7.88. The SMILES string of the molecule is Cc1ccccc1CS(=O)(=O)N1CCC(COc2ccccc2F)CC1. The number of hydrogen-bond acceptors (Lipinski definition) is 3. The summed E-state index contributed by atoms with van der Waals surface area (Å²) in [6.45, 7) is 3.31. The number of rotatable bonds is 6. The minimum absolute atomic E-state index is 0.0378. The number of para-hydroxylation sites is 1. The van der Waals surface area contributed by atoms with E-state index in [9.17, 15) is 12.8 Å². The predicted molar refractivity (Wildman–Crippen MR) is 100.0 cm³/mol. The molecule has 3 rings (SSSR count).